The van der Waals surface area contributed by atoms with Crippen LogP contribution in [0.4, 0.5) is 0 Å². The van der Waals surface area contributed by atoms with Gasteiger partial charge in [0.25, 0.3) is 0 Å². The summed E-state index contributed by atoms with van der Waals surface area (Å²) in [5.41, 5.74) is 0.337. The van der Waals surface area contributed by atoms with E-state index in [-0.39, 0.29) is 6.61 Å². The third-order valence-electron chi connectivity index (χ3n) is 2.87. The second-order valence-electron chi connectivity index (χ2n) is 4.36. The van der Waals surface area contributed by atoms with Gasteiger partial charge >= 0.3 is 5.97 Å². The van der Waals surface area contributed by atoms with E-state index in [0.29, 0.717) is 36.1 Å². The Morgan fingerprint density at radius 1 is 1.32 bits per heavy atom. The Labute approximate surface area is 133 Å². The summed E-state index contributed by atoms with van der Waals surface area (Å²) in [4.78, 5) is 11.9. The summed E-state index contributed by atoms with van der Waals surface area (Å²) >= 11 is 5.84. The Morgan fingerprint density at radius 3 is 2.91 bits per heavy atom. The molecular formula is C15H17ClN2O4. The first-order valence-corrected chi connectivity index (χ1v) is 7.14. The van der Waals surface area contributed by atoms with Gasteiger partial charge in [0.05, 0.1) is 26.9 Å². The van der Waals surface area contributed by atoms with Gasteiger partial charge in [0.15, 0.2) is 0 Å². The smallest absolute Gasteiger partial charge is 0.342 e. The van der Waals surface area contributed by atoms with E-state index in [1.165, 1.54) is 7.11 Å². The maximum absolute atomic E-state index is 11.9. The zero-order chi connectivity index (χ0) is 15.8. The molecule has 0 bridgehead atoms. The van der Waals surface area contributed by atoms with Gasteiger partial charge in [0.1, 0.15) is 17.9 Å². The standard InChI is InChI=1S/C15H17ClN2O4/c1-20-14-11-12(16)3-4-13(14)15(19)22-10-9-21-8-7-18-6-2-5-17-18/h2-6,11H,7-10H2,1H3. The fraction of sp³-hybridized carbons (Fsp3) is 0.333. The normalized spacial score (nSPS) is 10.5. The SMILES string of the molecule is COc1cc(Cl)ccc1C(=O)OCCOCCn1cccn1. The maximum atomic E-state index is 11.9. The van der Waals surface area contributed by atoms with Crippen molar-refractivity contribution in [1.82, 2.24) is 9.78 Å². The Morgan fingerprint density at radius 2 is 2.18 bits per heavy atom. The average molecular weight is 325 g/mol. The third-order valence-corrected chi connectivity index (χ3v) is 3.10. The molecule has 7 heteroatoms. The topological polar surface area (TPSA) is 62.6 Å². The lowest BCUT2D eigenvalue weighted by atomic mass is 10.2. The zero-order valence-corrected chi connectivity index (χ0v) is 13.0. The van der Waals surface area contributed by atoms with Crippen LogP contribution in [0.3, 0.4) is 0 Å². The Hall–Kier alpha value is -2.05. The molecule has 1 heterocycles. The summed E-state index contributed by atoms with van der Waals surface area (Å²) < 4.78 is 17.4. The number of aromatic nitrogens is 2. The first kappa shape index (κ1) is 16.3. The van der Waals surface area contributed by atoms with E-state index in [1.807, 2.05) is 12.3 Å². The van der Waals surface area contributed by atoms with Crippen molar-refractivity contribution in [1.29, 1.82) is 0 Å². The number of methoxy groups -OCH3 is 1. The van der Waals surface area contributed by atoms with Gasteiger partial charge in [0.2, 0.25) is 0 Å². The van der Waals surface area contributed by atoms with Crippen LogP contribution in [0.15, 0.2) is 36.7 Å². The third kappa shape index (κ3) is 4.75. The fourth-order valence-electron chi connectivity index (χ4n) is 1.80. The highest BCUT2D eigenvalue weighted by molar-refractivity contribution is 6.30. The van der Waals surface area contributed by atoms with E-state index in [1.54, 1.807) is 29.1 Å². The highest BCUT2D eigenvalue weighted by Crippen LogP contribution is 2.23. The number of hydrogen-bond acceptors (Lipinski definition) is 5. The predicted octanol–water partition coefficient (Wildman–Crippen LogP) is 2.42. The van der Waals surface area contributed by atoms with E-state index in [2.05, 4.69) is 5.10 Å². The molecule has 0 amide bonds. The van der Waals surface area contributed by atoms with E-state index in [4.69, 9.17) is 25.8 Å². The summed E-state index contributed by atoms with van der Waals surface area (Å²) in [7, 11) is 1.47. The molecule has 1 aromatic heterocycles. The van der Waals surface area contributed by atoms with Crippen molar-refractivity contribution in [2.24, 2.45) is 0 Å². The molecule has 22 heavy (non-hydrogen) atoms. The fourth-order valence-corrected chi connectivity index (χ4v) is 1.96. The minimum absolute atomic E-state index is 0.170. The van der Waals surface area contributed by atoms with Crippen molar-refractivity contribution in [3.63, 3.8) is 0 Å². The zero-order valence-electron chi connectivity index (χ0n) is 12.2. The van der Waals surface area contributed by atoms with E-state index in [9.17, 15) is 4.79 Å². The summed E-state index contributed by atoms with van der Waals surface area (Å²) in [6.07, 6.45) is 3.57. The molecule has 0 saturated heterocycles. The van der Waals surface area contributed by atoms with Gasteiger partial charge in [-0.15, -0.1) is 0 Å². The van der Waals surface area contributed by atoms with E-state index in [0.717, 1.165) is 0 Å². The Balaban J connectivity index is 1.69. The van der Waals surface area contributed by atoms with Crippen molar-refractivity contribution in [2.75, 3.05) is 26.9 Å². The van der Waals surface area contributed by atoms with Gasteiger partial charge in [-0.2, -0.15) is 5.10 Å². The lowest BCUT2D eigenvalue weighted by Gasteiger charge is -2.09. The van der Waals surface area contributed by atoms with Crippen LogP contribution in [0.1, 0.15) is 10.4 Å². The number of nitrogens with zero attached hydrogens (tertiary/aromatic N) is 2. The molecule has 1 aromatic carbocycles. The van der Waals surface area contributed by atoms with E-state index < -0.39 is 5.97 Å². The second kappa shape index (κ2) is 8.41. The molecule has 0 N–H and O–H groups in total. The van der Waals surface area contributed by atoms with Crippen LogP contribution < -0.4 is 4.74 Å². The van der Waals surface area contributed by atoms with Crippen LogP contribution in [0.5, 0.6) is 5.75 Å². The van der Waals surface area contributed by atoms with Crippen LogP contribution in [0.2, 0.25) is 5.02 Å². The minimum atomic E-state index is -0.468. The van der Waals surface area contributed by atoms with Gasteiger partial charge in [-0.25, -0.2) is 4.79 Å². The summed E-state index contributed by atoms with van der Waals surface area (Å²) in [5, 5.41) is 4.55. The van der Waals surface area contributed by atoms with Crippen LogP contribution in [-0.4, -0.2) is 42.7 Å². The van der Waals surface area contributed by atoms with Crippen LogP contribution in [0.25, 0.3) is 0 Å². The summed E-state index contributed by atoms with van der Waals surface area (Å²) in [5.74, 6) is -0.0821. The highest BCUT2D eigenvalue weighted by Gasteiger charge is 2.13. The minimum Gasteiger partial charge on any atom is -0.496 e. The molecule has 6 nitrogen and oxygen atoms in total. The molecular weight excluding hydrogens is 308 g/mol. The van der Waals surface area contributed by atoms with Crippen molar-refractivity contribution in [3.8, 4) is 5.75 Å². The molecule has 0 atom stereocenters. The van der Waals surface area contributed by atoms with Crippen LogP contribution >= 0.6 is 11.6 Å². The van der Waals surface area contributed by atoms with Gasteiger partial charge in [-0.3, -0.25) is 4.68 Å². The Kier molecular flexibility index (Phi) is 6.24. The van der Waals surface area contributed by atoms with Gasteiger partial charge in [0, 0.05) is 17.4 Å². The van der Waals surface area contributed by atoms with Crippen molar-refractivity contribution >= 4 is 17.6 Å². The van der Waals surface area contributed by atoms with Crippen molar-refractivity contribution in [2.45, 2.75) is 6.54 Å². The summed E-state index contributed by atoms with van der Waals surface area (Å²) in [6.45, 7) is 1.65. The molecule has 2 aromatic rings. The molecule has 0 aliphatic rings. The molecule has 0 fully saturated rings. The molecule has 2 rings (SSSR count). The number of rotatable bonds is 8. The molecule has 0 radical (unpaired) electrons. The first-order valence-electron chi connectivity index (χ1n) is 6.76. The average Bonchev–Trinajstić information content (AvgIpc) is 3.03. The number of carbonyl (C=O) groups is 1. The monoisotopic (exact) mass is 324 g/mol. The number of benzene rings is 1. The molecule has 0 unspecified atom stereocenters. The lowest BCUT2D eigenvalue weighted by molar-refractivity contribution is 0.0300. The number of esters is 1. The van der Waals surface area contributed by atoms with Crippen molar-refractivity contribution in [3.05, 3.63) is 47.2 Å². The second-order valence-corrected chi connectivity index (χ2v) is 4.80. The first-order chi connectivity index (χ1) is 10.7. The summed E-state index contributed by atoms with van der Waals surface area (Å²) in [6, 6.07) is 6.60. The van der Waals surface area contributed by atoms with Crippen LogP contribution in [-0.2, 0) is 16.0 Å². The number of carbonyl (C=O) groups excluding carboxylic acids is 1. The molecule has 118 valence electrons. The predicted molar refractivity (Wildman–Crippen MR) is 81.3 cm³/mol. The molecule has 0 saturated carbocycles. The lowest BCUT2D eigenvalue weighted by Crippen LogP contribution is -2.14. The van der Waals surface area contributed by atoms with Gasteiger partial charge in [-0.1, -0.05) is 11.6 Å². The maximum Gasteiger partial charge on any atom is 0.342 e. The van der Waals surface area contributed by atoms with Gasteiger partial charge in [-0.05, 0) is 24.3 Å². The number of halogens is 1. The van der Waals surface area contributed by atoms with E-state index >= 15 is 0 Å². The van der Waals surface area contributed by atoms with Crippen LogP contribution in [0, 0.1) is 0 Å². The largest absolute Gasteiger partial charge is 0.496 e. The number of ether oxygens (including phenoxy) is 3. The van der Waals surface area contributed by atoms with Gasteiger partial charge < -0.3 is 14.2 Å². The Bertz CT molecular complexity index is 602. The number of hydrogen-bond donors (Lipinski definition) is 0. The quantitative estimate of drug-likeness (QED) is 0.551. The highest BCUT2D eigenvalue weighted by atomic mass is 35.5. The molecule has 0 aliphatic carbocycles. The molecule has 0 aliphatic heterocycles. The molecule has 0 spiro atoms. The van der Waals surface area contributed by atoms with Crippen molar-refractivity contribution < 1.29 is 19.0 Å².